The summed E-state index contributed by atoms with van der Waals surface area (Å²) < 4.78 is 24.5. The number of hydrogen-bond acceptors (Lipinski definition) is 3. The van der Waals surface area contributed by atoms with Crippen molar-refractivity contribution in [3.05, 3.63) is 65.0 Å². The van der Waals surface area contributed by atoms with E-state index in [0.29, 0.717) is 24.5 Å². The molecule has 0 aliphatic rings. The molecular weight excluding hydrogens is 281 g/mol. The highest BCUT2D eigenvalue weighted by molar-refractivity contribution is 5.37. The fraction of sp³-hybridized carbons (Fsp3) is 0.333. The molecule has 22 heavy (non-hydrogen) atoms. The number of benzene rings is 2. The molecule has 1 atom stereocenters. The monoisotopic (exact) mass is 303 g/mol. The second-order valence-corrected chi connectivity index (χ2v) is 5.16. The third kappa shape index (κ3) is 3.84. The first-order chi connectivity index (χ1) is 10.7. The lowest BCUT2D eigenvalue weighted by molar-refractivity contribution is 0.184. The van der Waals surface area contributed by atoms with Crippen molar-refractivity contribution < 1.29 is 13.9 Å². The highest BCUT2D eigenvalue weighted by Gasteiger charge is 2.16. The van der Waals surface area contributed by atoms with Gasteiger partial charge in [0.2, 0.25) is 0 Å². The maximum absolute atomic E-state index is 14.1. The van der Waals surface area contributed by atoms with Crippen molar-refractivity contribution in [2.45, 2.75) is 26.1 Å². The molecule has 0 heterocycles. The van der Waals surface area contributed by atoms with Gasteiger partial charge in [-0.1, -0.05) is 30.3 Å². The molecule has 0 spiro atoms. The molecule has 0 fully saturated rings. The molecule has 0 bridgehead atoms. The van der Waals surface area contributed by atoms with Gasteiger partial charge in [-0.3, -0.25) is 0 Å². The summed E-state index contributed by atoms with van der Waals surface area (Å²) in [6.45, 7) is 3.13. The third-order valence-corrected chi connectivity index (χ3v) is 3.68. The fourth-order valence-corrected chi connectivity index (χ4v) is 2.51. The SMILES string of the molecule is COCc1ccccc1CN[C@H](C)c1c(F)cccc1OC. The van der Waals surface area contributed by atoms with Crippen LogP contribution < -0.4 is 10.1 Å². The van der Waals surface area contributed by atoms with Gasteiger partial charge in [0, 0.05) is 25.3 Å². The van der Waals surface area contributed by atoms with Crippen LogP contribution in [0.3, 0.4) is 0 Å². The predicted octanol–water partition coefficient (Wildman–Crippen LogP) is 3.83. The van der Waals surface area contributed by atoms with Crippen molar-refractivity contribution in [2.75, 3.05) is 14.2 Å². The second-order valence-electron chi connectivity index (χ2n) is 5.16. The molecule has 1 N–H and O–H groups in total. The second kappa shape index (κ2) is 7.92. The molecule has 0 radical (unpaired) electrons. The Balaban J connectivity index is 2.12. The summed E-state index contributed by atoms with van der Waals surface area (Å²) in [5.74, 6) is 0.301. The van der Waals surface area contributed by atoms with E-state index in [1.54, 1.807) is 26.4 Å². The summed E-state index contributed by atoms with van der Waals surface area (Å²) in [6, 6.07) is 12.8. The zero-order chi connectivity index (χ0) is 15.9. The van der Waals surface area contributed by atoms with Gasteiger partial charge < -0.3 is 14.8 Å². The van der Waals surface area contributed by atoms with Crippen molar-refractivity contribution in [1.82, 2.24) is 5.32 Å². The van der Waals surface area contributed by atoms with Gasteiger partial charge in [-0.2, -0.15) is 0 Å². The lowest BCUT2D eigenvalue weighted by Crippen LogP contribution is -2.20. The lowest BCUT2D eigenvalue weighted by atomic mass is 10.0. The smallest absolute Gasteiger partial charge is 0.131 e. The standard InChI is InChI=1S/C18H22FNO2/c1-13(18-16(19)9-6-10-17(18)22-3)20-11-14-7-4-5-8-15(14)12-21-2/h4-10,13,20H,11-12H2,1-3H3/t13-/m1/s1. The molecular formula is C18H22FNO2. The van der Waals surface area contributed by atoms with Crippen LogP contribution in [-0.2, 0) is 17.9 Å². The molecule has 2 aromatic carbocycles. The third-order valence-electron chi connectivity index (χ3n) is 3.68. The number of halogens is 1. The minimum Gasteiger partial charge on any atom is -0.496 e. The molecule has 118 valence electrons. The van der Waals surface area contributed by atoms with E-state index in [4.69, 9.17) is 9.47 Å². The van der Waals surface area contributed by atoms with Gasteiger partial charge in [-0.05, 0) is 30.2 Å². The van der Waals surface area contributed by atoms with Gasteiger partial charge in [0.05, 0.1) is 13.7 Å². The predicted molar refractivity (Wildman–Crippen MR) is 85.4 cm³/mol. The first-order valence-corrected chi connectivity index (χ1v) is 7.29. The van der Waals surface area contributed by atoms with E-state index in [1.807, 2.05) is 31.2 Å². The summed E-state index contributed by atoms with van der Waals surface area (Å²) in [5, 5.41) is 3.35. The molecule has 3 nitrogen and oxygen atoms in total. The highest BCUT2D eigenvalue weighted by atomic mass is 19.1. The van der Waals surface area contributed by atoms with Crippen LogP contribution in [0.1, 0.15) is 29.7 Å². The van der Waals surface area contributed by atoms with E-state index < -0.39 is 0 Å². The fourth-order valence-electron chi connectivity index (χ4n) is 2.51. The summed E-state index contributed by atoms with van der Waals surface area (Å²) >= 11 is 0. The maximum atomic E-state index is 14.1. The van der Waals surface area contributed by atoms with Crippen LogP contribution >= 0.6 is 0 Å². The largest absolute Gasteiger partial charge is 0.496 e. The van der Waals surface area contributed by atoms with Crippen molar-refractivity contribution >= 4 is 0 Å². The molecule has 0 aromatic heterocycles. The Hall–Kier alpha value is -1.91. The topological polar surface area (TPSA) is 30.5 Å². The normalized spacial score (nSPS) is 12.2. The van der Waals surface area contributed by atoms with Crippen LogP contribution in [0.25, 0.3) is 0 Å². The van der Waals surface area contributed by atoms with Crippen LogP contribution in [0.15, 0.2) is 42.5 Å². The molecule has 2 aromatic rings. The zero-order valence-corrected chi connectivity index (χ0v) is 13.2. The van der Waals surface area contributed by atoms with Crippen LogP contribution in [0.2, 0.25) is 0 Å². The molecule has 0 saturated heterocycles. The molecule has 0 saturated carbocycles. The lowest BCUT2D eigenvalue weighted by Gasteiger charge is -2.19. The Morgan fingerprint density at radius 1 is 1.05 bits per heavy atom. The summed E-state index contributed by atoms with van der Waals surface area (Å²) in [5.41, 5.74) is 2.82. The van der Waals surface area contributed by atoms with E-state index in [2.05, 4.69) is 5.32 Å². The molecule has 0 amide bonds. The first kappa shape index (κ1) is 16.5. The Bertz CT molecular complexity index is 616. The quantitative estimate of drug-likeness (QED) is 0.843. The average molecular weight is 303 g/mol. The average Bonchev–Trinajstić information content (AvgIpc) is 2.53. The van der Waals surface area contributed by atoms with Crippen LogP contribution in [0.5, 0.6) is 5.75 Å². The Morgan fingerprint density at radius 3 is 2.45 bits per heavy atom. The maximum Gasteiger partial charge on any atom is 0.131 e. The van der Waals surface area contributed by atoms with Gasteiger partial charge in [0.15, 0.2) is 0 Å². The van der Waals surface area contributed by atoms with Gasteiger partial charge in [0.25, 0.3) is 0 Å². The van der Waals surface area contributed by atoms with E-state index in [1.165, 1.54) is 6.07 Å². The molecule has 2 rings (SSSR count). The van der Waals surface area contributed by atoms with E-state index in [0.717, 1.165) is 11.1 Å². The Labute approximate surface area is 131 Å². The summed E-state index contributed by atoms with van der Waals surface area (Å²) in [7, 11) is 3.23. The van der Waals surface area contributed by atoms with E-state index in [-0.39, 0.29) is 11.9 Å². The summed E-state index contributed by atoms with van der Waals surface area (Å²) in [4.78, 5) is 0. The van der Waals surface area contributed by atoms with Crippen molar-refractivity contribution in [3.63, 3.8) is 0 Å². The number of rotatable bonds is 7. The van der Waals surface area contributed by atoms with Crippen molar-refractivity contribution in [1.29, 1.82) is 0 Å². The van der Waals surface area contributed by atoms with Gasteiger partial charge in [0.1, 0.15) is 11.6 Å². The minimum atomic E-state index is -0.260. The van der Waals surface area contributed by atoms with Gasteiger partial charge >= 0.3 is 0 Å². The number of nitrogens with one attached hydrogen (secondary N) is 1. The van der Waals surface area contributed by atoms with Crippen LogP contribution in [0, 0.1) is 5.82 Å². The minimum absolute atomic E-state index is 0.160. The molecule has 4 heteroatoms. The zero-order valence-electron chi connectivity index (χ0n) is 13.2. The van der Waals surface area contributed by atoms with E-state index in [9.17, 15) is 4.39 Å². The number of ether oxygens (including phenoxy) is 2. The van der Waals surface area contributed by atoms with Crippen molar-refractivity contribution in [3.8, 4) is 5.75 Å². The van der Waals surface area contributed by atoms with Crippen molar-refractivity contribution in [2.24, 2.45) is 0 Å². The van der Waals surface area contributed by atoms with Gasteiger partial charge in [-0.15, -0.1) is 0 Å². The first-order valence-electron chi connectivity index (χ1n) is 7.29. The van der Waals surface area contributed by atoms with E-state index >= 15 is 0 Å². The summed E-state index contributed by atoms with van der Waals surface area (Å²) in [6.07, 6.45) is 0. The Kier molecular flexibility index (Phi) is 5.92. The molecule has 0 aliphatic carbocycles. The van der Waals surface area contributed by atoms with Crippen LogP contribution in [-0.4, -0.2) is 14.2 Å². The van der Waals surface area contributed by atoms with Gasteiger partial charge in [-0.25, -0.2) is 4.39 Å². The Morgan fingerprint density at radius 2 is 1.77 bits per heavy atom. The molecule has 0 unspecified atom stereocenters. The number of methoxy groups -OCH3 is 2. The number of hydrogen-bond donors (Lipinski definition) is 1. The van der Waals surface area contributed by atoms with Crippen LogP contribution in [0.4, 0.5) is 4.39 Å². The molecule has 0 aliphatic heterocycles. The highest BCUT2D eigenvalue weighted by Crippen LogP contribution is 2.28.